The molecule has 5 heteroatoms. The molecule has 0 bridgehead atoms. The van der Waals surface area contributed by atoms with Crippen molar-refractivity contribution in [3.05, 3.63) is 0 Å². The number of carbonyl (C=O) groups is 1. The number of hydrogen-bond donors (Lipinski definition) is 0. The second-order valence-electron chi connectivity index (χ2n) is 4.82. The van der Waals surface area contributed by atoms with Gasteiger partial charge in [-0.1, -0.05) is 52.4 Å². The van der Waals surface area contributed by atoms with Gasteiger partial charge in [0.05, 0.1) is 6.61 Å². The zero-order valence-corrected chi connectivity index (χ0v) is 11.9. The van der Waals surface area contributed by atoms with Crippen LogP contribution in [0.15, 0.2) is 0 Å². The molecule has 0 radical (unpaired) electrons. The highest BCUT2D eigenvalue weighted by Gasteiger charge is 2.45. The van der Waals surface area contributed by atoms with E-state index in [1.54, 1.807) is 6.92 Å². The van der Waals surface area contributed by atoms with E-state index in [4.69, 9.17) is 0 Å². The predicted octanol–water partition coefficient (Wildman–Crippen LogP) is 4.87. The summed E-state index contributed by atoms with van der Waals surface area (Å²) in [6, 6.07) is 0. The van der Waals surface area contributed by atoms with E-state index in [-0.39, 0.29) is 13.0 Å². The van der Waals surface area contributed by atoms with Gasteiger partial charge >= 0.3 is 12.1 Å². The number of ether oxygens (including phenoxy) is 1. The van der Waals surface area contributed by atoms with Crippen LogP contribution in [0, 0.1) is 5.92 Å². The maximum absolute atomic E-state index is 12.7. The highest BCUT2D eigenvalue weighted by atomic mass is 19.4. The molecule has 1 atom stereocenters. The van der Waals surface area contributed by atoms with Crippen LogP contribution < -0.4 is 0 Å². The fourth-order valence-electron chi connectivity index (χ4n) is 1.85. The number of hydrogen-bond acceptors (Lipinski definition) is 2. The third-order valence-electron chi connectivity index (χ3n) is 2.97. The molecule has 0 aromatic carbocycles. The second kappa shape index (κ2) is 10.1. The smallest absolute Gasteiger partial charge is 0.402 e. The lowest BCUT2D eigenvalue weighted by Gasteiger charge is -2.18. The molecule has 0 saturated heterocycles. The molecule has 0 fully saturated rings. The summed E-state index contributed by atoms with van der Waals surface area (Å²) in [5, 5.41) is 0. The molecular formula is C14H25F3O2. The number of halogens is 3. The highest BCUT2D eigenvalue weighted by molar-refractivity contribution is 5.73. The van der Waals surface area contributed by atoms with Crippen molar-refractivity contribution in [1.29, 1.82) is 0 Å². The number of alkyl halides is 3. The van der Waals surface area contributed by atoms with Gasteiger partial charge in [-0.3, -0.25) is 4.79 Å². The van der Waals surface area contributed by atoms with Crippen LogP contribution in [0.1, 0.15) is 65.2 Å². The maximum atomic E-state index is 12.7. The average molecular weight is 282 g/mol. The van der Waals surface area contributed by atoms with Crippen molar-refractivity contribution in [1.82, 2.24) is 0 Å². The van der Waals surface area contributed by atoms with E-state index in [1.807, 2.05) is 0 Å². The molecule has 114 valence electrons. The molecule has 0 aromatic rings. The summed E-state index contributed by atoms with van der Waals surface area (Å²) in [5.41, 5.74) is 0. The van der Waals surface area contributed by atoms with Crippen molar-refractivity contribution in [3.63, 3.8) is 0 Å². The largest absolute Gasteiger partial charge is 0.465 e. The van der Waals surface area contributed by atoms with Gasteiger partial charge in [-0.05, 0) is 12.8 Å². The Balaban J connectivity index is 4.04. The molecule has 1 unspecified atom stereocenters. The molecule has 19 heavy (non-hydrogen) atoms. The molecule has 0 aromatic heterocycles. The molecule has 0 spiro atoms. The minimum Gasteiger partial charge on any atom is -0.465 e. The number of unbranched alkanes of at least 4 members (excludes halogenated alkanes) is 5. The van der Waals surface area contributed by atoms with Gasteiger partial charge in [0.2, 0.25) is 0 Å². The van der Waals surface area contributed by atoms with E-state index >= 15 is 0 Å². The number of carbonyl (C=O) groups excluding carboxylic acids is 1. The first-order chi connectivity index (χ1) is 8.93. The van der Waals surface area contributed by atoms with Gasteiger partial charge in [0.1, 0.15) is 0 Å². The second-order valence-corrected chi connectivity index (χ2v) is 4.82. The first-order valence-corrected chi connectivity index (χ1v) is 7.16. The van der Waals surface area contributed by atoms with Gasteiger partial charge < -0.3 is 4.74 Å². The van der Waals surface area contributed by atoms with E-state index in [0.717, 1.165) is 32.1 Å². The zero-order valence-electron chi connectivity index (χ0n) is 11.9. The first kappa shape index (κ1) is 18.3. The minimum atomic E-state index is -4.49. The van der Waals surface area contributed by atoms with E-state index in [9.17, 15) is 18.0 Å². The van der Waals surface area contributed by atoms with Gasteiger partial charge in [0.25, 0.3) is 0 Å². The predicted molar refractivity (Wildman–Crippen MR) is 68.8 cm³/mol. The van der Waals surface area contributed by atoms with E-state index in [1.165, 1.54) is 0 Å². The van der Waals surface area contributed by atoms with Crippen molar-refractivity contribution in [2.75, 3.05) is 6.61 Å². The summed E-state index contributed by atoms with van der Waals surface area (Å²) in [6.07, 6.45) is 1.26. The molecule has 0 saturated carbocycles. The average Bonchev–Trinajstić information content (AvgIpc) is 2.33. The monoisotopic (exact) mass is 282 g/mol. The number of rotatable bonds is 10. The zero-order chi connectivity index (χ0) is 14.7. The Morgan fingerprint density at radius 2 is 1.58 bits per heavy atom. The van der Waals surface area contributed by atoms with Gasteiger partial charge in [0, 0.05) is 0 Å². The Morgan fingerprint density at radius 3 is 2.11 bits per heavy atom. The highest BCUT2D eigenvalue weighted by Crippen LogP contribution is 2.31. The third-order valence-corrected chi connectivity index (χ3v) is 2.97. The first-order valence-electron chi connectivity index (χ1n) is 7.16. The van der Waals surface area contributed by atoms with Gasteiger partial charge in [0.15, 0.2) is 5.92 Å². The van der Waals surface area contributed by atoms with Crippen LogP contribution in [0.2, 0.25) is 0 Å². The lowest BCUT2D eigenvalue weighted by molar-refractivity contribution is -0.199. The molecule has 0 rings (SSSR count). The van der Waals surface area contributed by atoms with E-state index in [0.29, 0.717) is 12.8 Å². The van der Waals surface area contributed by atoms with Crippen molar-refractivity contribution >= 4 is 5.97 Å². The van der Waals surface area contributed by atoms with Crippen LogP contribution in [0.3, 0.4) is 0 Å². The molecule has 0 aliphatic rings. The quantitative estimate of drug-likeness (QED) is 0.422. The Kier molecular flexibility index (Phi) is 9.70. The van der Waals surface area contributed by atoms with Crippen molar-refractivity contribution in [2.45, 2.75) is 71.4 Å². The molecule has 0 N–H and O–H groups in total. The standard InChI is InChI=1S/C14H25F3O2/c1-3-5-6-7-8-9-10-12(14(15,16)17)13(18)19-11-4-2/h12H,3-11H2,1-2H3. The summed E-state index contributed by atoms with van der Waals surface area (Å²) >= 11 is 0. The lowest BCUT2D eigenvalue weighted by atomic mass is 9.99. The van der Waals surface area contributed by atoms with Gasteiger partial charge in [-0.25, -0.2) is 0 Å². The van der Waals surface area contributed by atoms with Crippen LogP contribution in [-0.2, 0) is 9.53 Å². The fraction of sp³-hybridized carbons (Fsp3) is 0.929. The van der Waals surface area contributed by atoms with Crippen molar-refractivity contribution in [2.24, 2.45) is 5.92 Å². The lowest BCUT2D eigenvalue weighted by Crippen LogP contribution is -2.32. The summed E-state index contributed by atoms with van der Waals surface area (Å²) in [5.74, 6) is -3.08. The molecule has 0 amide bonds. The minimum absolute atomic E-state index is 0.0575. The summed E-state index contributed by atoms with van der Waals surface area (Å²) in [7, 11) is 0. The molecule has 2 nitrogen and oxygen atoms in total. The Labute approximate surface area is 113 Å². The molecule has 0 heterocycles. The van der Waals surface area contributed by atoms with Crippen LogP contribution in [-0.4, -0.2) is 18.8 Å². The summed E-state index contributed by atoms with van der Waals surface area (Å²) < 4.78 is 42.8. The Morgan fingerprint density at radius 1 is 1.00 bits per heavy atom. The van der Waals surface area contributed by atoms with Crippen molar-refractivity contribution < 1.29 is 22.7 Å². The number of esters is 1. The third kappa shape index (κ3) is 8.89. The van der Waals surface area contributed by atoms with Crippen LogP contribution in [0.25, 0.3) is 0 Å². The van der Waals surface area contributed by atoms with Gasteiger partial charge in [-0.2, -0.15) is 13.2 Å². The topological polar surface area (TPSA) is 26.3 Å². The normalized spacial score (nSPS) is 13.3. The molecule has 0 aliphatic carbocycles. The molecule has 0 aliphatic heterocycles. The summed E-state index contributed by atoms with van der Waals surface area (Å²) in [6.45, 7) is 3.90. The molecular weight excluding hydrogens is 257 g/mol. The fourth-order valence-corrected chi connectivity index (χ4v) is 1.85. The van der Waals surface area contributed by atoms with E-state index < -0.39 is 18.1 Å². The maximum Gasteiger partial charge on any atom is 0.402 e. The Bertz CT molecular complexity index is 239. The SMILES string of the molecule is CCCCCCCCC(C(=O)OCCC)C(F)(F)F. The van der Waals surface area contributed by atoms with E-state index in [2.05, 4.69) is 11.7 Å². The van der Waals surface area contributed by atoms with Crippen LogP contribution in [0.4, 0.5) is 13.2 Å². The Hall–Kier alpha value is -0.740. The van der Waals surface area contributed by atoms with Crippen molar-refractivity contribution in [3.8, 4) is 0 Å². The van der Waals surface area contributed by atoms with Crippen LogP contribution >= 0.6 is 0 Å². The van der Waals surface area contributed by atoms with Crippen LogP contribution in [0.5, 0.6) is 0 Å². The summed E-state index contributed by atoms with van der Waals surface area (Å²) in [4.78, 5) is 11.4. The van der Waals surface area contributed by atoms with Gasteiger partial charge in [-0.15, -0.1) is 0 Å².